The molecule has 8 nitrogen and oxygen atoms in total. The number of thiophene rings is 1. The number of likely N-dealkylation sites (N-methyl/N-ethyl adjacent to an activating group) is 1. The van der Waals surface area contributed by atoms with E-state index in [0.29, 0.717) is 16.1 Å². The molecule has 0 atom stereocenters. The quantitative estimate of drug-likeness (QED) is 0.507. The highest BCUT2D eigenvalue weighted by Gasteiger charge is 2.28. The lowest BCUT2D eigenvalue weighted by Crippen LogP contribution is -2.28. The van der Waals surface area contributed by atoms with Crippen molar-refractivity contribution >= 4 is 38.2 Å². The van der Waals surface area contributed by atoms with Crippen molar-refractivity contribution in [2.75, 3.05) is 33.0 Å². The number of nitrogens with zero attached hydrogens (tertiary/aromatic N) is 2. The van der Waals surface area contributed by atoms with E-state index >= 15 is 0 Å². The summed E-state index contributed by atoms with van der Waals surface area (Å²) in [6.45, 7) is 1.81. The summed E-state index contributed by atoms with van der Waals surface area (Å²) >= 11 is 1.41. The molecule has 1 aromatic heterocycles. The Balaban J connectivity index is 1.52. The van der Waals surface area contributed by atoms with Gasteiger partial charge in [0.15, 0.2) is 0 Å². The van der Waals surface area contributed by atoms with Crippen LogP contribution >= 0.6 is 11.3 Å². The molecule has 0 unspecified atom stereocenters. The number of anilines is 1. The monoisotopic (exact) mass is 512 g/mol. The Bertz CT molecular complexity index is 1340. The van der Waals surface area contributed by atoms with Gasteiger partial charge >= 0.3 is 0 Å². The Labute approximate surface area is 209 Å². The van der Waals surface area contributed by atoms with E-state index in [0.717, 1.165) is 35.5 Å². The summed E-state index contributed by atoms with van der Waals surface area (Å²) in [5.41, 5.74) is 2.67. The van der Waals surface area contributed by atoms with Gasteiger partial charge in [0.2, 0.25) is 10.0 Å². The zero-order chi connectivity index (χ0) is 25.2. The van der Waals surface area contributed by atoms with E-state index in [9.17, 15) is 18.0 Å². The normalized spacial score (nSPS) is 13.9. The number of carbonyl (C=O) groups is 2. The van der Waals surface area contributed by atoms with Crippen LogP contribution in [0.25, 0.3) is 0 Å². The molecule has 1 aliphatic rings. The van der Waals surface area contributed by atoms with Gasteiger partial charge in [-0.15, -0.1) is 11.3 Å². The first-order valence-corrected chi connectivity index (χ1v) is 13.4. The summed E-state index contributed by atoms with van der Waals surface area (Å²) in [6.07, 6.45) is 0.740. The van der Waals surface area contributed by atoms with Crippen LogP contribution in [0.15, 0.2) is 59.5 Å². The number of rotatable bonds is 7. The molecule has 35 heavy (non-hydrogen) atoms. The first-order chi connectivity index (χ1) is 16.7. The van der Waals surface area contributed by atoms with Gasteiger partial charge in [0.1, 0.15) is 5.00 Å². The zero-order valence-electron chi connectivity index (χ0n) is 19.9. The van der Waals surface area contributed by atoms with E-state index in [-0.39, 0.29) is 17.3 Å². The lowest BCUT2D eigenvalue weighted by Gasteiger charge is -2.22. The fraction of sp³-hybridized carbons (Fsp3) is 0.280. The van der Waals surface area contributed by atoms with E-state index in [1.807, 2.05) is 37.4 Å². The lowest BCUT2D eigenvalue weighted by atomic mass is 10.0. The molecular weight excluding hydrogens is 484 g/mol. The van der Waals surface area contributed by atoms with Gasteiger partial charge in [-0.2, -0.15) is 4.31 Å². The summed E-state index contributed by atoms with van der Waals surface area (Å²) in [6, 6.07) is 15.2. The fourth-order valence-electron chi connectivity index (χ4n) is 4.04. The fourth-order valence-corrected chi connectivity index (χ4v) is 6.52. The summed E-state index contributed by atoms with van der Waals surface area (Å²) in [5, 5.41) is 6.04. The van der Waals surface area contributed by atoms with Crippen LogP contribution < -0.4 is 10.6 Å². The highest BCUT2D eigenvalue weighted by atomic mass is 32.2. The molecule has 2 heterocycles. The summed E-state index contributed by atoms with van der Waals surface area (Å²) < 4.78 is 27.2. The van der Waals surface area contributed by atoms with E-state index < -0.39 is 15.9 Å². The van der Waals surface area contributed by atoms with Crippen molar-refractivity contribution in [2.24, 2.45) is 0 Å². The number of sulfonamides is 1. The molecule has 0 saturated carbocycles. The van der Waals surface area contributed by atoms with Gasteiger partial charge in [-0.25, -0.2) is 8.42 Å². The molecule has 0 aliphatic carbocycles. The Hall–Kier alpha value is -3.05. The maximum absolute atomic E-state index is 13.0. The van der Waals surface area contributed by atoms with Crippen molar-refractivity contribution in [3.63, 3.8) is 0 Å². The van der Waals surface area contributed by atoms with Gasteiger partial charge in [0.05, 0.1) is 10.5 Å². The van der Waals surface area contributed by atoms with Crippen LogP contribution in [0, 0.1) is 0 Å². The smallest absolute Gasteiger partial charge is 0.256 e. The SMILES string of the molecule is CNC(=O)c1c(NC(=O)c2ccc(S(=O)(=O)N(C)Cc3ccccc3)cc2)sc2c1CCN(C)C2. The van der Waals surface area contributed by atoms with Crippen LogP contribution in [0.2, 0.25) is 0 Å². The standard InChI is InChI=1S/C25H28N4O4S2/c1-26-24(31)22-20-13-14-28(2)16-21(20)34-25(22)27-23(30)18-9-11-19(12-10-18)35(32,33)29(3)15-17-7-5-4-6-8-17/h4-12H,13-16H2,1-3H3,(H,26,31)(H,27,30). The molecule has 2 aromatic carbocycles. The van der Waals surface area contributed by atoms with Crippen LogP contribution in [0.1, 0.15) is 36.7 Å². The molecule has 184 valence electrons. The average molecular weight is 513 g/mol. The Morgan fingerprint density at radius 3 is 2.40 bits per heavy atom. The van der Waals surface area contributed by atoms with Crippen molar-refractivity contribution in [3.05, 3.63) is 81.7 Å². The number of benzene rings is 2. The molecule has 0 radical (unpaired) electrons. The largest absolute Gasteiger partial charge is 0.355 e. The molecule has 0 saturated heterocycles. The van der Waals surface area contributed by atoms with E-state index in [2.05, 4.69) is 15.5 Å². The van der Waals surface area contributed by atoms with E-state index in [1.165, 1.54) is 47.0 Å². The van der Waals surface area contributed by atoms with Crippen LogP contribution in [0.4, 0.5) is 5.00 Å². The van der Waals surface area contributed by atoms with Gasteiger partial charge < -0.3 is 15.5 Å². The highest BCUT2D eigenvalue weighted by molar-refractivity contribution is 7.89. The van der Waals surface area contributed by atoms with Crippen LogP contribution in [0.3, 0.4) is 0 Å². The predicted octanol–water partition coefficient (Wildman–Crippen LogP) is 3.17. The first-order valence-electron chi connectivity index (χ1n) is 11.2. The molecule has 0 fully saturated rings. The molecule has 0 bridgehead atoms. The maximum atomic E-state index is 13.0. The van der Waals surface area contributed by atoms with Crippen molar-refractivity contribution in [2.45, 2.75) is 24.4 Å². The molecule has 2 amide bonds. The zero-order valence-corrected chi connectivity index (χ0v) is 21.5. The number of fused-ring (bicyclic) bond motifs is 1. The second-order valence-corrected chi connectivity index (χ2v) is 11.7. The minimum Gasteiger partial charge on any atom is -0.355 e. The number of hydrogen-bond donors (Lipinski definition) is 2. The third-order valence-electron chi connectivity index (χ3n) is 6.00. The third kappa shape index (κ3) is 5.30. The van der Waals surface area contributed by atoms with E-state index in [1.54, 1.807) is 7.05 Å². The molecule has 3 aromatic rings. The molecular formula is C25H28N4O4S2. The lowest BCUT2D eigenvalue weighted by molar-refractivity contribution is 0.0962. The Morgan fingerprint density at radius 2 is 1.74 bits per heavy atom. The second-order valence-electron chi connectivity index (χ2n) is 8.50. The summed E-state index contributed by atoms with van der Waals surface area (Å²) in [4.78, 5) is 28.9. The van der Waals surface area contributed by atoms with Gasteiger partial charge in [-0.1, -0.05) is 30.3 Å². The van der Waals surface area contributed by atoms with Crippen LogP contribution in [-0.2, 0) is 29.5 Å². The van der Waals surface area contributed by atoms with Crippen LogP contribution in [0.5, 0.6) is 0 Å². The molecule has 2 N–H and O–H groups in total. The van der Waals surface area contributed by atoms with Crippen molar-refractivity contribution in [1.29, 1.82) is 0 Å². The minimum atomic E-state index is -3.72. The van der Waals surface area contributed by atoms with Crippen molar-refractivity contribution in [3.8, 4) is 0 Å². The van der Waals surface area contributed by atoms with Gasteiger partial charge in [-0.05, 0) is 48.9 Å². The van der Waals surface area contributed by atoms with Crippen molar-refractivity contribution in [1.82, 2.24) is 14.5 Å². The average Bonchev–Trinajstić information content (AvgIpc) is 3.20. The Morgan fingerprint density at radius 1 is 1.06 bits per heavy atom. The van der Waals surface area contributed by atoms with E-state index in [4.69, 9.17) is 0 Å². The Kier molecular flexibility index (Phi) is 7.36. The van der Waals surface area contributed by atoms with Gasteiger partial charge in [0, 0.05) is 44.2 Å². The molecule has 10 heteroatoms. The topological polar surface area (TPSA) is 98.8 Å². The maximum Gasteiger partial charge on any atom is 0.256 e. The number of nitrogens with one attached hydrogen (secondary N) is 2. The van der Waals surface area contributed by atoms with Gasteiger partial charge in [0.25, 0.3) is 11.8 Å². The number of carbonyl (C=O) groups excluding carboxylic acids is 2. The highest BCUT2D eigenvalue weighted by Crippen LogP contribution is 2.37. The minimum absolute atomic E-state index is 0.105. The van der Waals surface area contributed by atoms with Crippen molar-refractivity contribution < 1.29 is 18.0 Å². The number of amides is 2. The molecule has 4 rings (SSSR count). The summed E-state index contributed by atoms with van der Waals surface area (Å²) in [5.74, 6) is -0.631. The van der Waals surface area contributed by atoms with Crippen LogP contribution in [-0.4, -0.2) is 57.1 Å². The number of hydrogen-bond acceptors (Lipinski definition) is 6. The van der Waals surface area contributed by atoms with Gasteiger partial charge in [-0.3, -0.25) is 9.59 Å². The molecule has 1 aliphatic heterocycles. The molecule has 0 spiro atoms. The predicted molar refractivity (Wildman–Crippen MR) is 137 cm³/mol. The third-order valence-corrected chi connectivity index (χ3v) is 8.95. The first kappa shape index (κ1) is 25.1. The second kappa shape index (κ2) is 10.3. The summed E-state index contributed by atoms with van der Waals surface area (Å²) in [7, 11) is 1.40.